The van der Waals surface area contributed by atoms with Gasteiger partial charge in [-0.15, -0.1) is 11.3 Å². The third-order valence-electron chi connectivity index (χ3n) is 10.1. The first kappa shape index (κ1) is 26.8. The molecule has 0 amide bonds. The Labute approximate surface area is 284 Å². The Balaban J connectivity index is 1.23. The molecule has 0 unspecified atom stereocenters. The van der Waals surface area contributed by atoms with Crippen LogP contribution < -0.4 is 0 Å². The highest BCUT2D eigenvalue weighted by atomic mass is 32.1. The molecule has 0 aliphatic rings. The maximum absolute atomic E-state index is 5.50. The van der Waals surface area contributed by atoms with Gasteiger partial charge in [0.15, 0.2) is 0 Å². The minimum Gasteiger partial charge on any atom is -0.254 e. The van der Waals surface area contributed by atoms with Crippen LogP contribution in [0.1, 0.15) is 0 Å². The quantitative estimate of drug-likeness (QED) is 0.140. The van der Waals surface area contributed by atoms with E-state index in [1.807, 2.05) is 23.6 Å². The van der Waals surface area contributed by atoms with Gasteiger partial charge in [-0.2, -0.15) is 0 Å². The van der Waals surface area contributed by atoms with Gasteiger partial charge >= 0.3 is 0 Å². The fourth-order valence-electron chi connectivity index (χ4n) is 7.80. The smallest absolute Gasteiger partial charge is 0.0972 e. The summed E-state index contributed by atoms with van der Waals surface area (Å²) in [6, 6.07) is 52.3. The zero-order valence-electron chi connectivity index (χ0n) is 26.2. The second-order valence-corrected chi connectivity index (χ2v) is 13.8. The second kappa shape index (κ2) is 10.1. The van der Waals surface area contributed by atoms with Crippen molar-refractivity contribution in [2.45, 2.75) is 0 Å². The van der Waals surface area contributed by atoms with Gasteiger partial charge in [0.1, 0.15) is 0 Å². The molecule has 7 aromatic carbocycles. The van der Waals surface area contributed by atoms with Crippen molar-refractivity contribution in [2.75, 3.05) is 0 Å². The molecular formula is C45H25N3S. The molecular weight excluding hydrogens is 615 g/mol. The number of hydrogen-bond donors (Lipinski definition) is 0. The van der Waals surface area contributed by atoms with Gasteiger partial charge in [-0.05, 0) is 69.4 Å². The topological polar surface area (TPSA) is 38.7 Å². The number of rotatable bonds is 2. The lowest BCUT2D eigenvalue weighted by Gasteiger charge is -2.16. The van der Waals surface area contributed by atoms with Crippen LogP contribution >= 0.6 is 11.3 Å². The number of nitrogens with zero attached hydrogens (tertiary/aromatic N) is 3. The van der Waals surface area contributed by atoms with Gasteiger partial charge < -0.3 is 0 Å². The summed E-state index contributed by atoms with van der Waals surface area (Å²) in [5, 5.41) is 13.1. The second-order valence-electron chi connectivity index (χ2n) is 12.8. The lowest BCUT2D eigenvalue weighted by molar-refractivity contribution is 1.37. The summed E-state index contributed by atoms with van der Waals surface area (Å²) in [5.41, 5.74) is 6.99. The van der Waals surface area contributed by atoms with Gasteiger partial charge in [-0.1, -0.05) is 103 Å². The average Bonchev–Trinajstić information content (AvgIpc) is 3.55. The number of aromatic nitrogens is 3. The molecule has 0 saturated carbocycles. The van der Waals surface area contributed by atoms with Crippen molar-refractivity contribution in [3.8, 4) is 22.5 Å². The molecule has 3 nitrogen and oxygen atoms in total. The van der Waals surface area contributed by atoms with E-state index < -0.39 is 0 Å². The molecule has 0 bridgehead atoms. The van der Waals surface area contributed by atoms with Crippen molar-refractivity contribution >= 4 is 96.5 Å². The molecule has 0 spiro atoms. The van der Waals surface area contributed by atoms with E-state index in [-0.39, 0.29) is 0 Å². The molecule has 226 valence electrons. The molecule has 11 rings (SSSR count). The SMILES string of the molecule is c1ccc2cc3c(-c4nc5ccc6sc7ccccc7c6c5c5ccccc45)ccc(-c4ccc5ccc6cccnc6c5n4)c3cc2c1. The van der Waals surface area contributed by atoms with Crippen LogP contribution in [0.3, 0.4) is 0 Å². The van der Waals surface area contributed by atoms with Crippen LogP contribution in [-0.4, -0.2) is 15.0 Å². The van der Waals surface area contributed by atoms with E-state index in [0.717, 1.165) is 66.0 Å². The summed E-state index contributed by atoms with van der Waals surface area (Å²) < 4.78 is 2.60. The van der Waals surface area contributed by atoms with E-state index in [1.165, 1.54) is 41.7 Å². The Morgan fingerprint density at radius 3 is 1.94 bits per heavy atom. The van der Waals surface area contributed by atoms with Gasteiger partial charge in [0, 0.05) is 59.0 Å². The van der Waals surface area contributed by atoms with Crippen LogP contribution in [0.25, 0.3) is 108 Å². The van der Waals surface area contributed by atoms with Crippen LogP contribution in [-0.2, 0) is 0 Å². The number of pyridine rings is 3. The zero-order valence-corrected chi connectivity index (χ0v) is 27.0. The molecule has 4 aromatic heterocycles. The molecule has 0 radical (unpaired) electrons. The number of fused-ring (bicyclic) bond motifs is 12. The van der Waals surface area contributed by atoms with E-state index in [4.69, 9.17) is 15.0 Å². The van der Waals surface area contributed by atoms with E-state index >= 15 is 0 Å². The van der Waals surface area contributed by atoms with Crippen molar-refractivity contribution in [1.29, 1.82) is 0 Å². The van der Waals surface area contributed by atoms with Gasteiger partial charge in [0.25, 0.3) is 0 Å². The van der Waals surface area contributed by atoms with Gasteiger partial charge in [0.2, 0.25) is 0 Å². The number of benzene rings is 7. The largest absolute Gasteiger partial charge is 0.254 e. The normalized spacial score (nSPS) is 12.1. The highest BCUT2D eigenvalue weighted by molar-refractivity contribution is 7.26. The Bertz CT molecular complexity index is 3180. The highest BCUT2D eigenvalue weighted by Gasteiger charge is 2.19. The standard InChI is InChI=1S/C45H25N3S/c1-2-9-29-25-36-33(45-32-12-4-3-11-31(32)41-38(48-45)21-22-40-42(41)34-13-5-6-14-39(34)49-40)19-18-30(35(36)24-28(29)8-1)37-20-17-27-16-15-26-10-7-23-46-43(26)44(27)47-37/h1-25H. The first-order valence-electron chi connectivity index (χ1n) is 16.5. The van der Waals surface area contributed by atoms with Crippen LogP contribution in [0.4, 0.5) is 0 Å². The summed E-state index contributed by atoms with van der Waals surface area (Å²) in [7, 11) is 0. The fourth-order valence-corrected chi connectivity index (χ4v) is 8.91. The first-order valence-corrected chi connectivity index (χ1v) is 17.3. The molecule has 0 N–H and O–H groups in total. The maximum atomic E-state index is 5.50. The first-order chi connectivity index (χ1) is 24.3. The van der Waals surface area contributed by atoms with Gasteiger partial charge in [0.05, 0.1) is 27.9 Å². The summed E-state index contributed by atoms with van der Waals surface area (Å²) in [6.07, 6.45) is 1.85. The molecule has 0 aliphatic heterocycles. The van der Waals surface area contributed by atoms with Crippen LogP contribution in [0.15, 0.2) is 152 Å². The van der Waals surface area contributed by atoms with Crippen molar-refractivity contribution in [3.05, 3.63) is 152 Å². The lowest BCUT2D eigenvalue weighted by Crippen LogP contribution is -1.94. The van der Waals surface area contributed by atoms with Crippen molar-refractivity contribution in [3.63, 3.8) is 0 Å². The Morgan fingerprint density at radius 2 is 1.08 bits per heavy atom. The van der Waals surface area contributed by atoms with E-state index in [9.17, 15) is 0 Å². The Hall–Kier alpha value is -6.23. The molecule has 49 heavy (non-hydrogen) atoms. The zero-order chi connectivity index (χ0) is 32.1. The van der Waals surface area contributed by atoms with Crippen LogP contribution in [0, 0.1) is 0 Å². The Kier molecular flexibility index (Phi) is 5.54. The molecule has 4 heteroatoms. The number of thiophene rings is 1. The highest BCUT2D eigenvalue weighted by Crippen LogP contribution is 2.44. The predicted molar refractivity (Wildman–Crippen MR) is 209 cm³/mol. The van der Waals surface area contributed by atoms with E-state index in [2.05, 4.69) is 140 Å². The third-order valence-corrected chi connectivity index (χ3v) is 11.2. The molecule has 0 fully saturated rings. The monoisotopic (exact) mass is 639 g/mol. The van der Waals surface area contributed by atoms with Crippen molar-refractivity contribution in [1.82, 2.24) is 15.0 Å². The maximum Gasteiger partial charge on any atom is 0.0972 e. The van der Waals surface area contributed by atoms with Gasteiger partial charge in [-0.3, -0.25) is 4.98 Å². The minimum atomic E-state index is 0.920. The van der Waals surface area contributed by atoms with Crippen LogP contribution in [0.2, 0.25) is 0 Å². The molecule has 0 saturated heterocycles. The summed E-state index contributed by atoms with van der Waals surface area (Å²) >= 11 is 1.85. The van der Waals surface area contributed by atoms with Gasteiger partial charge in [-0.25, -0.2) is 9.97 Å². The molecule has 0 aliphatic carbocycles. The summed E-state index contributed by atoms with van der Waals surface area (Å²) in [6.45, 7) is 0. The van der Waals surface area contributed by atoms with Crippen LogP contribution in [0.5, 0.6) is 0 Å². The van der Waals surface area contributed by atoms with Crippen molar-refractivity contribution < 1.29 is 0 Å². The fraction of sp³-hybridized carbons (Fsp3) is 0. The average molecular weight is 640 g/mol. The lowest BCUT2D eigenvalue weighted by atomic mass is 9.90. The summed E-state index contributed by atoms with van der Waals surface area (Å²) in [5.74, 6) is 0. The van der Waals surface area contributed by atoms with Crippen molar-refractivity contribution in [2.24, 2.45) is 0 Å². The van der Waals surface area contributed by atoms with E-state index in [1.54, 1.807) is 0 Å². The number of hydrogen-bond acceptors (Lipinski definition) is 4. The molecule has 4 heterocycles. The van der Waals surface area contributed by atoms with E-state index in [0.29, 0.717) is 0 Å². The third kappa shape index (κ3) is 3.92. The molecule has 11 aromatic rings. The minimum absolute atomic E-state index is 0.920. The summed E-state index contributed by atoms with van der Waals surface area (Å²) in [4.78, 5) is 15.5. The molecule has 0 atom stereocenters. The predicted octanol–water partition coefficient (Wildman–Crippen LogP) is 12.5. The Morgan fingerprint density at radius 1 is 0.408 bits per heavy atom.